The predicted octanol–water partition coefficient (Wildman–Crippen LogP) is 3.85. The molecule has 0 aromatic carbocycles. The Labute approximate surface area is 109 Å². The maximum absolute atomic E-state index is 5.91. The molecular formula is C13H22ClN3. The van der Waals surface area contributed by atoms with Gasteiger partial charge in [-0.15, -0.1) is 0 Å². The molecule has 1 rings (SSSR count). The SMILES string of the molecule is CCCCN(CCCC)c1cc(C)nc(Cl)n1. The van der Waals surface area contributed by atoms with Crippen LogP contribution in [0.15, 0.2) is 6.07 Å². The lowest BCUT2D eigenvalue weighted by molar-refractivity contribution is 0.670. The number of halogens is 1. The Kier molecular flexibility index (Phi) is 6.27. The fourth-order valence-corrected chi connectivity index (χ4v) is 1.94. The summed E-state index contributed by atoms with van der Waals surface area (Å²) in [6.45, 7) is 8.45. The summed E-state index contributed by atoms with van der Waals surface area (Å²) in [5, 5.41) is 0.345. The topological polar surface area (TPSA) is 29.0 Å². The monoisotopic (exact) mass is 255 g/mol. The minimum absolute atomic E-state index is 0.345. The molecule has 0 saturated heterocycles. The van der Waals surface area contributed by atoms with Gasteiger partial charge in [0.2, 0.25) is 5.28 Å². The third-order valence-corrected chi connectivity index (χ3v) is 2.87. The van der Waals surface area contributed by atoms with Crippen molar-refractivity contribution in [3.8, 4) is 0 Å². The van der Waals surface area contributed by atoms with Gasteiger partial charge >= 0.3 is 0 Å². The van der Waals surface area contributed by atoms with Crippen LogP contribution in [0.5, 0.6) is 0 Å². The van der Waals surface area contributed by atoms with E-state index in [1.807, 2.05) is 13.0 Å². The maximum Gasteiger partial charge on any atom is 0.224 e. The van der Waals surface area contributed by atoms with Gasteiger partial charge in [-0.25, -0.2) is 9.97 Å². The molecule has 1 aromatic heterocycles. The van der Waals surface area contributed by atoms with Crippen LogP contribution in [0.2, 0.25) is 5.28 Å². The number of hydrogen-bond donors (Lipinski definition) is 0. The van der Waals surface area contributed by atoms with E-state index in [4.69, 9.17) is 11.6 Å². The highest BCUT2D eigenvalue weighted by atomic mass is 35.5. The molecule has 1 heterocycles. The van der Waals surface area contributed by atoms with Gasteiger partial charge in [-0.1, -0.05) is 26.7 Å². The minimum Gasteiger partial charge on any atom is -0.356 e. The van der Waals surface area contributed by atoms with Crippen LogP contribution in [0.4, 0.5) is 5.82 Å². The Balaban J connectivity index is 2.78. The van der Waals surface area contributed by atoms with Gasteiger partial charge in [0, 0.05) is 24.8 Å². The van der Waals surface area contributed by atoms with Crippen LogP contribution in [-0.2, 0) is 0 Å². The fraction of sp³-hybridized carbons (Fsp3) is 0.692. The smallest absolute Gasteiger partial charge is 0.224 e. The lowest BCUT2D eigenvalue weighted by atomic mass is 10.2. The zero-order chi connectivity index (χ0) is 12.7. The van der Waals surface area contributed by atoms with E-state index < -0.39 is 0 Å². The number of unbranched alkanes of at least 4 members (excludes halogenated alkanes) is 2. The summed E-state index contributed by atoms with van der Waals surface area (Å²) < 4.78 is 0. The molecule has 0 radical (unpaired) electrons. The quantitative estimate of drug-likeness (QED) is 0.693. The molecule has 0 atom stereocenters. The van der Waals surface area contributed by atoms with E-state index in [1.54, 1.807) is 0 Å². The first kappa shape index (κ1) is 14.2. The molecule has 0 aliphatic rings. The Bertz CT molecular complexity index is 313. The number of nitrogens with zero attached hydrogens (tertiary/aromatic N) is 3. The second-order valence-electron chi connectivity index (χ2n) is 4.33. The van der Waals surface area contributed by atoms with E-state index >= 15 is 0 Å². The summed E-state index contributed by atoms with van der Waals surface area (Å²) in [7, 11) is 0. The molecule has 0 spiro atoms. The summed E-state index contributed by atoms with van der Waals surface area (Å²) in [5.41, 5.74) is 0.929. The highest BCUT2D eigenvalue weighted by Gasteiger charge is 2.09. The fourth-order valence-electron chi connectivity index (χ4n) is 1.72. The van der Waals surface area contributed by atoms with Crippen LogP contribution < -0.4 is 4.90 Å². The Morgan fingerprint density at radius 2 is 1.71 bits per heavy atom. The average molecular weight is 256 g/mol. The van der Waals surface area contributed by atoms with Crippen molar-refractivity contribution < 1.29 is 0 Å². The van der Waals surface area contributed by atoms with Crippen molar-refractivity contribution in [1.82, 2.24) is 9.97 Å². The summed E-state index contributed by atoms with van der Waals surface area (Å²) >= 11 is 5.91. The molecule has 0 amide bonds. The van der Waals surface area contributed by atoms with Crippen LogP contribution in [-0.4, -0.2) is 23.1 Å². The van der Waals surface area contributed by atoms with Crippen molar-refractivity contribution in [2.24, 2.45) is 0 Å². The van der Waals surface area contributed by atoms with Gasteiger partial charge < -0.3 is 4.90 Å². The highest BCUT2D eigenvalue weighted by Crippen LogP contribution is 2.16. The molecule has 0 aliphatic heterocycles. The first-order valence-corrected chi connectivity index (χ1v) is 6.81. The van der Waals surface area contributed by atoms with Crippen LogP contribution >= 0.6 is 11.6 Å². The molecule has 0 N–H and O–H groups in total. The molecular weight excluding hydrogens is 234 g/mol. The van der Waals surface area contributed by atoms with Crippen LogP contribution in [0.1, 0.15) is 45.2 Å². The third-order valence-electron chi connectivity index (χ3n) is 2.70. The number of aryl methyl sites for hydroxylation is 1. The van der Waals surface area contributed by atoms with Gasteiger partial charge in [0.05, 0.1) is 0 Å². The van der Waals surface area contributed by atoms with E-state index in [0.29, 0.717) is 5.28 Å². The normalized spacial score (nSPS) is 10.6. The second kappa shape index (κ2) is 7.49. The van der Waals surface area contributed by atoms with Gasteiger partial charge in [-0.05, 0) is 31.4 Å². The van der Waals surface area contributed by atoms with E-state index in [0.717, 1.165) is 24.6 Å². The van der Waals surface area contributed by atoms with Gasteiger partial charge in [0.15, 0.2) is 0 Å². The van der Waals surface area contributed by atoms with E-state index in [2.05, 4.69) is 28.7 Å². The Hall–Kier alpha value is -0.830. The van der Waals surface area contributed by atoms with Gasteiger partial charge in [0.1, 0.15) is 5.82 Å². The lowest BCUT2D eigenvalue weighted by Gasteiger charge is -2.23. The zero-order valence-corrected chi connectivity index (χ0v) is 11.8. The largest absolute Gasteiger partial charge is 0.356 e. The molecule has 0 bridgehead atoms. The minimum atomic E-state index is 0.345. The van der Waals surface area contributed by atoms with Gasteiger partial charge in [-0.2, -0.15) is 0 Å². The van der Waals surface area contributed by atoms with Crippen molar-refractivity contribution >= 4 is 17.4 Å². The third kappa shape index (κ3) is 4.90. The number of aromatic nitrogens is 2. The van der Waals surface area contributed by atoms with Crippen LogP contribution in [0.25, 0.3) is 0 Å². The zero-order valence-electron chi connectivity index (χ0n) is 11.0. The summed E-state index contributed by atoms with van der Waals surface area (Å²) in [6.07, 6.45) is 4.76. The first-order valence-electron chi connectivity index (χ1n) is 6.43. The lowest BCUT2D eigenvalue weighted by Crippen LogP contribution is -2.26. The van der Waals surface area contributed by atoms with E-state index in [1.165, 1.54) is 25.7 Å². The standard InChI is InChI=1S/C13H22ClN3/c1-4-6-8-17(9-7-5-2)12-10-11(3)15-13(14)16-12/h10H,4-9H2,1-3H3. The maximum atomic E-state index is 5.91. The molecule has 0 unspecified atom stereocenters. The summed E-state index contributed by atoms with van der Waals surface area (Å²) in [6, 6.07) is 2.01. The Morgan fingerprint density at radius 1 is 1.12 bits per heavy atom. The predicted molar refractivity (Wildman–Crippen MR) is 73.8 cm³/mol. The van der Waals surface area contributed by atoms with Crippen LogP contribution in [0, 0.1) is 6.92 Å². The number of rotatable bonds is 7. The molecule has 0 fully saturated rings. The van der Waals surface area contributed by atoms with Gasteiger partial charge in [0.25, 0.3) is 0 Å². The number of hydrogen-bond acceptors (Lipinski definition) is 3. The second-order valence-corrected chi connectivity index (χ2v) is 4.67. The van der Waals surface area contributed by atoms with Crippen molar-refractivity contribution in [2.75, 3.05) is 18.0 Å². The van der Waals surface area contributed by atoms with Crippen molar-refractivity contribution in [1.29, 1.82) is 0 Å². The van der Waals surface area contributed by atoms with Crippen molar-refractivity contribution in [2.45, 2.75) is 46.5 Å². The molecule has 0 saturated carbocycles. The average Bonchev–Trinajstić information content (AvgIpc) is 2.28. The van der Waals surface area contributed by atoms with Crippen LogP contribution in [0.3, 0.4) is 0 Å². The van der Waals surface area contributed by atoms with Crippen molar-refractivity contribution in [3.63, 3.8) is 0 Å². The number of anilines is 1. The van der Waals surface area contributed by atoms with Crippen molar-refractivity contribution in [3.05, 3.63) is 17.0 Å². The Morgan fingerprint density at radius 3 is 2.18 bits per heavy atom. The molecule has 3 nitrogen and oxygen atoms in total. The van der Waals surface area contributed by atoms with E-state index in [-0.39, 0.29) is 0 Å². The highest BCUT2D eigenvalue weighted by molar-refractivity contribution is 6.28. The van der Waals surface area contributed by atoms with Gasteiger partial charge in [-0.3, -0.25) is 0 Å². The molecule has 0 aliphatic carbocycles. The summed E-state index contributed by atoms with van der Waals surface area (Å²) in [5.74, 6) is 0.962. The summed E-state index contributed by atoms with van der Waals surface area (Å²) in [4.78, 5) is 10.7. The molecule has 17 heavy (non-hydrogen) atoms. The molecule has 96 valence electrons. The van der Waals surface area contributed by atoms with E-state index in [9.17, 15) is 0 Å². The molecule has 4 heteroatoms. The molecule has 1 aromatic rings. The first-order chi connectivity index (χ1) is 8.17.